The number of rotatable bonds is 4. The molecule has 120 valence electrons. The minimum absolute atomic E-state index is 0.0108. The molecule has 1 N–H and O–H groups in total. The maximum Gasteiger partial charge on any atom is 0.354 e. The van der Waals surface area contributed by atoms with Crippen LogP contribution in [-0.2, 0) is 19.1 Å². The average Bonchev–Trinajstić information content (AvgIpc) is 2.52. The van der Waals surface area contributed by atoms with E-state index in [1.807, 2.05) is 0 Å². The number of benzene rings is 1. The van der Waals surface area contributed by atoms with Crippen molar-refractivity contribution in [3.05, 3.63) is 36.9 Å². The van der Waals surface area contributed by atoms with Crippen LogP contribution in [0.3, 0.4) is 0 Å². The third kappa shape index (κ3) is 4.12. The second kappa shape index (κ2) is 8.13. The topological polar surface area (TPSA) is 64.6 Å². The molecular weight excluding hydrogens is 399 g/mol. The van der Waals surface area contributed by atoms with Crippen molar-refractivity contribution in [2.24, 2.45) is 0 Å². The average molecular weight is 407 g/mol. The SMILES string of the molecule is COC(=O)/C=C(/Nc1c(Cl)c(Cl)c(Cl)c(Cl)c1Cl)C(=O)OC. The van der Waals surface area contributed by atoms with Crippen molar-refractivity contribution in [2.75, 3.05) is 19.5 Å². The Hall–Kier alpha value is -0.850. The zero-order valence-corrected chi connectivity index (χ0v) is 14.9. The van der Waals surface area contributed by atoms with E-state index >= 15 is 0 Å². The minimum atomic E-state index is -0.861. The van der Waals surface area contributed by atoms with E-state index in [0.29, 0.717) is 0 Å². The Morgan fingerprint density at radius 2 is 1.32 bits per heavy atom. The molecular formula is C12H8Cl5NO4. The summed E-state index contributed by atoms with van der Waals surface area (Å²) < 4.78 is 8.98. The lowest BCUT2D eigenvalue weighted by Crippen LogP contribution is -2.16. The molecule has 1 aromatic rings. The van der Waals surface area contributed by atoms with E-state index in [1.165, 1.54) is 0 Å². The predicted molar refractivity (Wildman–Crippen MR) is 87.2 cm³/mol. The number of carbonyl (C=O) groups is 2. The summed E-state index contributed by atoms with van der Waals surface area (Å²) in [6.07, 6.45) is 0.856. The molecule has 22 heavy (non-hydrogen) atoms. The maximum absolute atomic E-state index is 11.7. The lowest BCUT2D eigenvalue weighted by Gasteiger charge is -2.15. The third-order valence-corrected chi connectivity index (χ3v) is 4.61. The van der Waals surface area contributed by atoms with Gasteiger partial charge in [0.05, 0.1) is 51.1 Å². The van der Waals surface area contributed by atoms with Gasteiger partial charge in [0.15, 0.2) is 0 Å². The van der Waals surface area contributed by atoms with E-state index in [1.54, 1.807) is 0 Å². The smallest absolute Gasteiger partial charge is 0.354 e. The molecule has 0 saturated heterocycles. The fraction of sp³-hybridized carbons (Fsp3) is 0.167. The Morgan fingerprint density at radius 3 is 1.73 bits per heavy atom. The summed E-state index contributed by atoms with van der Waals surface area (Å²) in [4.78, 5) is 23.0. The Bertz CT molecular complexity index is 630. The first-order valence-electron chi connectivity index (χ1n) is 5.41. The van der Waals surface area contributed by atoms with Gasteiger partial charge in [0.2, 0.25) is 0 Å². The van der Waals surface area contributed by atoms with Crippen LogP contribution in [0.2, 0.25) is 25.1 Å². The van der Waals surface area contributed by atoms with Gasteiger partial charge in [-0.2, -0.15) is 0 Å². The van der Waals surface area contributed by atoms with Crippen molar-refractivity contribution in [3.8, 4) is 0 Å². The standard InChI is InChI=1S/C12H8Cl5NO4/c1-21-5(19)3-4(12(20)22-2)18-11-9(16)7(14)6(13)8(15)10(11)17/h3,18H,1-2H3/b4-3+. The molecule has 1 rings (SSSR count). The summed E-state index contributed by atoms with van der Waals surface area (Å²) in [6, 6.07) is 0. The summed E-state index contributed by atoms with van der Waals surface area (Å²) in [5.41, 5.74) is -0.295. The highest BCUT2D eigenvalue weighted by Crippen LogP contribution is 2.47. The molecule has 0 radical (unpaired) electrons. The quantitative estimate of drug-likeness (QED) is 0.342. The van der Waals surface area contributed by atoms with E-state index in [4.69, 9.17) is 58.0 Å². The third-order valence-electron chi connectivity index (χ3n) is 2.34. The van der Waals surface area contributed by atoms with Crippen molar-refractivity contribution in [2.45, 2.75) is 0 Å². The van der Waals surface area contributed by atoms with Crippen LogP contribution in [0.5, 0.6) is 0 Å². The van der Waals surface area contributed by atoms with Crippen LogP contribution in [-0.4, -0.2) is 26.2 Å². The van der Waals surface area contributed by atoms with Gasteiger partial charge < -0.3 is 14.8 Å². The highest BCUT2D eigenvalue weighted by Gasteiger charge is 2.22. The van der Waals surface area contributed by atoms with Crippen LogP contribution in [0.15, 0.2) is 11.8 Å². The van der Waals surface area contributed by atoms with Crippen molar-refractivity contribution < 1.29 is 19.1 Å². The molecule has 0 aliphatic rings. The summed E-state index contributed by atoms with van der Waals surface area (Å²) in [5, 5.41) is 2.19. The molecule has 0 aliphatic carbocycles. The van der Waals surface area contributed by atoms with Gasteiger partial charge in [-0.25, -0.2) is 9.59 Å². The molecule has 5 nitrogen and oxygen atoms in total. The fourth-order valence-corrected chi connectivity index (χ4v) is 2.51. The van der Waals surface area contributed by atoms with E-state index in [-0.39, 0.29) is 36.5 Å². The molecule has 0 heterocycles. The van der Waals surface area contributed by atoms with Gasteiger partial charge in [-0.3, -0.25) is 0 Å². The van der Waals surface area contributed by atoms with Gasteiger partial charge in [-0.05, 0) is 0 Å². The molecule has 0 amide bonds. The highest BCUT2D eigenvalue weighted by atomic mass is 35.5. The van der Waals surface area contributed by atoms with Gasteiger partial charge in [0.1, 0.15) is 5.70 Å². The second-order valence-corrected chi connectivity index (χ2v) is 5.53. The Morgan fingerprint density at radius 1 is 0.864 bits per heavy atom. The number of nitrogens with one attached hydrogen (secondary N) is 1. The van der Waals surface area contributed by atoms with E-state index in [9.17, 15) is 9.59 Å². The molecule has 0 saturated carbocycles. The normalized spacial score (nSPS) is 11.1. The van der Waals surface area contributed by atoms with Crippen molar-refractivity contribution >= 4 is 75.6 Å². The predicted octanol–water partition coefficient (Wildman–Crippen LogP) is 4.60. The number of hydrogen-bond acceptors (Lipinski definition) is 5. The largest absolute Gasteiger partial charge is 0.466 e. The molecule has 0 aliphatic heterocycles. The molecule has 1 aromatic carbocycles. The first-order chi connectivity index (χ1) is 10.2. The number of anilines is 1. The van der Waals surface area contributed by atoms with Crippen LogP contribution < -0.4 is 5.32 Å². The van der Waals surface area contributed by atoms with E-state index < -0.39 is 11.9 Å². The summed E-state index contributed by atoms with van der Waals surface area (Å²) in [6.45, 7) is 0. The van der Waals surface area contributed by atoms with Gasteiger partial charge in [-0.1, -0.05) is 58.0 Å². The van der Waals surface area contributed by atoms with Crippen molar-refractivity contribution in [3.63, 3.8) is 0 Å². The lowest BCUT2D eigenvalue weighted by atomic mass is 10.2. The first kappa shape index (κ1) is 19.2. The minimum Gasteiger partial charge on any atom is -0.466 e. The van der Waals surface area contributed by atoms with E-state index in [2.05, 4.69) is 14.8 Å². The van der Waals surface area contributed by atoms with Gasteiger partial charge in [0, 0.05) is 0 Å². The number of methoxy groups -OCH3 is 2. The van der Waals surface area contributed by atoms with Crippen LogP contribution in [0.25, 0.3) is 0 Å². The summed E-state index contributed by atoms with van der Waals surface area (Å²) in [5.74, 6) is -1.66. The van der Waals surface area contributed by atoms with Gasteiger partial charge >= 0.3 is 11.9 Å². The zero-order chi connectivity index (χ0) is 17.0. The molecule has 10 heteroatoms. The van der Waals surface area contributed by atoms with Crippen molar-refractivity contribution in [1.29, 1.82) is 0 Å². The number of halogens is 5. The number of esters is 2. The molecule has 0 spiro atoms. The second-order valence-electron chi connectivity index (χ2n) is 3.64. The molecule has 0 fully saturated rings. The fourth-order valence-electron chi connectivity index (χ4n) is 1.28. The monoisotopic (exact) mass is 405 g/mol. The van der Waals surface area contributed by atoms with Crippen molar-refractivity contribution in [1.82, 2.24) is 0 Å². The van der Waals surface area contributed by atoms with Crippen LogP contribution in [0.1, 0.15) is 0 Å². The van der Waals surface area contributed by atoms with Gasteiger partial charge in [-0.15, -0.1) is 0 Å². The number of ether oxygens (including phenoxy) is 2. The molecule has 0 aromatic heterocycles. The van der Waals surface area contributed by atoms with E-state index in [0.717, 1.165) is 20.3 Å². The lowest BCUT2D eigenvalue weighted by molar-refractivity contribution is -0.138. The number of carbonyl (C=O) groups excluding carboxylic acids is 2. The van der Waals surface area contributed by atoms with Gasteiger partial charge in [0.25, 0.3) is 0 Å². The summed E-state index contributed by atoms with van der Waals surface area (Å²) >= 11 is 29.7. The highest BCUT2D eigenvalue weighted by molar-refractivity contribution is 6.56. The van der Waals surface area contributed by atoms with Crippen LogP contribution in [0.4, 0.5) is 5.69 Å². The first-order valence-corrected chi connectivity index (χ1v) is 7.30. The number of hydrogen-bond donors (Lipinski definition) is 1. The molecule has 0 unspecified atom stereocenters. The Kier molecular flexibility index (Phi) is 7.09. The van der Waals surface area contributed by atoms with Crippen LogP contribution in [0, 0.1) is 0 Å². The Balaban J connectivity index is 3.40. The zero-order valence-electron chi connectivity index (χ0n) is 11.1. The van der Waals surface area contributed by atoms with Crippen LogP contribution >= 0.6 is 58.0 Å². The maximum atomic E-state index is 11.7. The Labute approximate surface area is 151 Å². The summed E-state index contributed by atoms with van der Waals surface area (Å²) in [7, 11) is 2.27. The molecule has 0 atom stereocenters. The molecule has 0 bridgehead atoms.